The Hall–Kier alpha value is 0.300. The highest BCUT2D eigenvalue weighted by molar-refractivity contribution is 7.52. The molecule has 0 aromatic carbocycles. The molecule has 6 nitrogen and oxygen atoms in total. The molecule has 1 atom stereocenters. The number of hydrogen-bond donors (Lipinski definition) is 4. The topological polar surface area (TPSA) is 115 Å². The molecule has 0 heterocycles. The van der Waals surface area contributed by atoms with Gasteiger partial charge in [0.05, 0.1) is 6.16 Å². The summed E-state index contributed by atoms with van der Waals surface area (Å²) in [5.74, 6) is 0.200. The van der Waals surface area contributed by atoms with Crippen molar-refractivity contribution in [1.29, 1.82) is 0 Å². The Balaban J connectivity index is 0. The maximum Gasteiger partial charge on any atom is 0.325 e. The Morgan fingerprint density at radius 3 is 1.50 bits per heavy atom. The molecule has 0 aromatic rings. The van der Waals surface area contributed by atoms with Crippen molar-refractivity contribution in [3.8, 4) is 0 Å². The highest BCUT2D eigenvalue weighted by Crippen LogP contribution is 2.39. The molecule has 0 aromatic heterocycles. The zero-order valence-electron chi connectivity index (χ0n) is 17.0. The summed E-state index contributed by atoms with van der Waals surface area (Å²) in [4.78, 5) is 34.7. The average Bonchev–Trinajstić information content (AvgIpc) is 2.52. The van der Waals surface area contributed by atoms with Crippen LogP contribution in [-0.4, -0.2) is 31.9 Å². The standard InChI is InChI=1S/C10H23O3P.C8H19O3P/c1-2-3-4-5-6-7-8-9-10-14(11,12)13;1-3-5-6-8(4-2)7-12(9,10)11/h2-10H2,1H3,(H2,11,12,13);8H,3-7H2,1-2H3,(H2,9,10,11). The fraction of sp³-hybridized carbons (Fsp3) is 1.00. The molecule has 0 aliphatic carbocycles. The van der Waals surface area contributed by atoms with Crippen LogP contribution in [0, 0.1) is 5.92 Å². The predicted molar refractivity (Wildman–Crippen MR) is 110 cm³/mol. The molecule has 0 spiro atoms. The lowest BCUT2D eigenvalue weighted by atomic mass is 10.0. The van der Waals surface area contributed by atoms with E-state index in [-0.39, 0.29) is 18.2 Å². The quantitative estimate of drug-likeness (QED) is 0.201. The maximum atomic E-state index is 10.7. The van der Waals surface area contributed by atoms with Crippen LogP contribution in [0.1, 0.15) is 97.8 Å². The largest absolute Gasteiger partial charge is 0.325 e. The van der Waals surface area contributed by atoms with Crippen molar-refractivity contribution in [1.82, 2.24) is 0 Å². The van der Waals surface area contributed by atoms with Crippen LogP contribution in [-0.2, 0) is 9.13 Å². The van der Waals surface area contributed by atoms with E-state index in [1.54, 1.807) is 0 Å². The zero-order valence-corrected chi connectivity index (χ0v) is 18.8. The molecule has 0 bridgehead atoms. The molecule has 0 aliphatic rings. The monoisotopic (exact) mass is 416 g/mol. The van der Waals surface area contributed by atoms with Gasteiger partial charge in [-0.15, -0.1) is 0 Å². The van der Waals surface area contributed by atoms with Crippen molar-refractivity contribution in [2.75, 3.05) is 12.3 Å². The lowest BCUT2D eigenvalue weighted by Crippen LogP contribution is -2.05. The van der Waals surface area contributed by atoms with Gasteiger partial charge in [-0.1, -0.05) is 85.0 Å². The average molecular weight is 416 g/mol. The first-order chi connectivity index (χ1) is 12.1. The predicted octanol–water partition coefficient (Wildman–Crippen LogP) is 5.69. The first-order valence-corrected chi connectivity index (χ1v) is 13.7. The Kier molecular flexibility index (Phi) is 19.1. The molecule has 26 heavy (non-hydrogen) atoms. The number of unbranched alkanes of at least 4 members (excludes halogenated alkanes) is 8. The van der Waals surface area contributed by atoms with Crippen molar-refractivity contribution in [3.05, 3.63) is 0 Å². The van der Waals surface area contributed by atoms with Crippen molar-refractivity contribution in [2.24, 2.45) is 5.92 Å². The lowest BCUT2D eigenvalue weighted by molar-refractivity contribution is 0.353. The Bertz CT molecular complexity index is 391. The van der Waals surface area contributed by atoms with Gasteiger partial charge in [0.1, 0.15) is 0 Å². The van der Waals surface area contributed by atoms with Gasteiger partial charge in [0, 0.05) is 6.16 Å². The summed E-state index contributed by atoms with van der Waals surface area (Å²) in [6, 6.07) is 0. The highest BCUT2D eigenvalue weighted by atomic mass is 31.2. The van der Waals surface area contributed by atoms with Crippen LogP contribution in [0.2, 0.25) is 0 Å². The third-order valence-electron chi connectivity index (χ3n) is 4.34. The van der Waals surface area contributed by atoms with Crippen molar-refractivity contribution < 1.29 is 28.7 Å². The van der Waals surface area contributed by atoms with Crippen molar-refractivity contribution in [3.63, 3.8) is 0 Å². The summed E-state index contributed by atoms with van der Waals surface area (Å²) < 4.78 is 21.2. The van der Waals surface area contributed by atoms with E-state index < -0.39 is 15.2 Å². The van der Waals surface area contributed by atoms with Crippen LogP contribution < -0.4 is 0 Å². The van der Waals surface area contributed by atoms with E-state index in [0.29, 0.717) is 6.42 Å². The van der Waals surface area contributed by atoms with E-state index in [9.17, 15) is 9.13 Å². The molecule has 0 amide bonds. The molecule has 1 unspecified atom stereocenters. The van der Waals surface area contributed by atoms with E-state index in [0.717, 1.165) is 38.5 Å². The molecule has 160 valence electrons. The second-order valence-electron chi connectivity index (χ2n) is 7.13. The van der Waals surface area contributed by atoms with Crippen molar-refractivity contribution in [2.45, 2.75) is 97.8 Å². The summed E-state index contributed by atoms with van der Waals surface area (Å²) in [6.45, 7) is 6.26. The lowest BCUT2D eigenvalue weighted by Gasteiger charge is -2.14. The van der Waals surface area contributed by atoms with Gasteiger partial charge in [-0.2, -0.15) is 0 Å². The third kappa shape index (κ3) is 26.5. The van der Waals surface area contributed by atoms with E-state index in [1.807, 2.05) is 6.92 Å². The molecule has 8 heteroatoms. The van der Waals surface area contributed by atoms with Gasteiger partial charge in [0.25, 0.3) is 0 Å². The molecule has 0 saturated carbocycles. The van der Waals surface area contributed by atoms with E-state index in [2.05, 4.69) is 13.8 Å². The zero-order chi connectivity index (χ0) is 20.5. The van der Waals surface area contributed by atoms with Gasteiger partial charge in [0.15, 0.2) is 0 Å². The van der Waals surface area contributed by atoms with Crippen LogP contribution in [0.3, 0.4) is 0 Å². The number of hydrogen-bond acceptors (Lipinski definition) is 2. The molecular formula is C18H42O6P2. The maximum absolute atomic E-state index is 10.7. The minimum Gasteiger partial charge on any atom is -0.324 e. The third-order valence-corrected chi connectivity index (χ3v) is 6.23. The van der Waals surface area contributed by atoms with Gasteiger partial charge in [0.2, 0.25) is 0 Å². The minimum absolute atomic E-state index is 0.0575. The molecule has 0 aliphatic heterocycles. The van der Waals surface area contributed by atoms with E-state index in [1.165, 1.54) is 32.1 Å². The van der Waals surface area contributed by atoms with E-state index in [4.69, 9.17) is 19.6 Å². The van der Waals surface area contributed by atoms with Gasteiger partial charge >= 0.3 is 15.2 Å². The van der Waals surface area contributed by atoms with Crippen LogP contribution in [0.5, 0.6) is 0 Å². The molecule has 0 fully saturated rings. The summed E-state index contributed by atoms with van der Waals surface area (Å²) >= 11 is 0. The normalized spacial score (nSPS) is 13.2. The summed E-state index contributed by atoms with van der Waals surface area (Å²) in [5.41, 5.74) is 0. The fourth-order valence-corrected chi connectivity index (χ4v) is 4.45. The van der Waals surface area contributed by atoms with Crippen LogP contribution in [0.25, 0.3) is 0 Å². The smallest absolute Gasteiger partial charge is 0.324 e. The first kappa shape index (κ1) is 28.5. The fourth-order valence-electron chi connectivity index (χ4n) is 2.71. The van der Waals surface area contributed by atoms with Gasteiger partial charge in [-0.05, 0) is 18.8 Å². The van der Waals surface area contributed by atoms with Crippen LogP contribution in [0.15, 0.2) is 0 Å². The Morgan fingerprint density at radius 2 is 1.12 bits per heavy atom. The summed E-state index contributed by atoms with van der Waals surface area (Å²) in [6.07, 6.45) is 13.2. The van der Waals surface area contributed by atoms with Gasteiger partial charge < -0.3 is 19.6 Å². The summed E-state index contributed by atoms with van der Waals surface area (Å²) in [7, 11) is -7.51. The van der Waals surface area contributed by atoms with Crippen molar-refractivity contribution >= 4 is 15.2 Å². The number of rotatable bonds is 15. The summed E-state index contributed by atoms with van der Waals surface area (Å²) in [5, 5.41) is 0. The molecule has 0 saturated heterocycles. The molecular weight excluding hydrogens is 374 g/mol. The SMILES string of the molecule is CCCCC(CC)CP(=O)(O)O.CCCCCCCCCCP(=O)(O)O. The van der Waals surface area contributed by atoms with Crippen LogP contribution >= 0.6 is 15.2 Å². The molecule has 0 radical (unpaired) electrons. The Labute approximate surface area is 160 Å². The molecule has 0 rings (SSSR count). The highest BCUT2D eigenvalue weighted by Gasteiger charge is 2.19. The second-order valence-corrected chi connectivity index (χ2v) is 10.6. The Morgan fingerprint density at radius 1 is 0.654 bits per heavy atom. The van der Waals surface area contributed by atoms with Crippen LogP contribution in [0.4, 0.5) is 0 Å². The van der Waals surface area contributed by atoms with E-state index >= 15 is 0 Å². The second kappa shape index (κ2) is 17.4. The molecule has 4 N–H and O–H groups in total. The minimum atomic E-state index is -3.78. The van der Waals surface area contributed by atoms with Gasteiger partial charge in [-0.3, -0.25) is 9.13 Å². The van der Waals surface area contributed by atoms with Gasteiger partial charge in [-0.25, -0.2) is 0 Å². The first-order valence-electron chi connectivity index (χ1n) is 10.1.